The second-order valence-electron chi connectivity index (χ2n) is 6.34. The smallest absolute Gasteiger partial charge is 0.189 e. The third-order valence-corrected chi connectivity index (χ3v) is 4.41. The van der Waals surface area contributed by atoms with Gasteiger partial charge < -0.3 is 24.4 Å². The molecule has 0 aromatic heterocycles. The Morgan fingerprint density at radius 3 is 1.85 bits per heavy atom. The summed E-state index contributed by atoms with van der Waals surface area (Å²) in [6.07, 6.45) is -1.97. The van der Waals surface area contributed by atoms with Crippen LogP contribution in [0.3, 0.4) is 0 Å². The van der Waals surface area contributed by atoms with Crippen molar-refractivity contribution in [1.29, 1.82) is 5.41 Å². The molecule has 2 aromatic rings. The summed E-state index contributed by atoms with van der Waals surface area (Å²) in [6, 6.07) is 19.8. The summed E-state index contributed by atoms with van der Waals surface area (Å²) in [5.41, 5.74) is 2.45. The van der Waals surface area contributed by atoms with Crippen LogP contribution in [0.5, 0.6) is 0 Å². The maximum Gasteiger partial charge on any atom is 0.189 e. The molecule has 0 saturated carbocycles. The van der Waals surface area contributed by atoms with E-state index in [0.717, 1.165) is 11.1 Å². The van der Waals surface area contributed by atoms with Crippen molar-refractivity contribution in [2.24, 2.45) is 0 Å². The quantitative estimate of drug-likeness (QED) is 0.825. The maximum atomic E-state index is 8.59. The lowest BCUT2D eigenvalue weighted by Crippen LogP contribution is -2.56. The average Bonchev–Trinajstić information content (AvgIpc) is 2.68. The molecule has 5 nitrogen and oxygen atoms in total. The minimum atomic E-state index is -0.613. The predicted octanol–water partition coefficient (Wildman–Crippen LogP) is 3.57. The van der Waals surface area contributed by atoms with Gasteiger partial charge in [0.25, 0.3) is 0 Å². The molecule has 0 amide bonds. The van der Waals surface area contributed by atoms with Crippen molar-refractivity contribution in [2.45, 2.75) is 44.7 Å². The molecule has 26 heavy (non-hydrogen) atoms. The second kappa shape index (κ2) is 9.05. The van der Waals surface area contributed by atoms with Crippen LogP contribution in [0.1, 0.15) is 18.1 Å². The summed E-state index contributed by atoms with van der Waals surface area (Å²) >= 11 is 0. The van der Waals surface area contributed by atoms with Crippen molar-refractivity contribution in [3.8, 4) is 0 Å². The molecule has 138 valence electrons. The van der Waals surface area contributed by atoms with Crippen LogP contribution in [0.15, 0.2) is 60.7 Å². The molecule has 0 radical (unpaired) electrons. The highest BCUT2D eigenvalue weighted by Gasteiger charge is 2.42. The first kappa shape index (κ1) is 18.7. The van der Waals surface area contributed by atoms with Gasteiger partial charge in [0, 0.05) is 7.11 Å². The van der Waals surface area contributed by atoms with E-state index < -0.39 is 18.5 Å². The van der Waals surface area contributed by atoms with Crippen molar-refractivity contribution >= 4 is 5.71 Å². The lowest BCUT2D eigenvalue weighted by atomic mass is 10.00. The first-order valence-electron chi connectivity index (χ1n) is 8.76. The summed E-state index contributed by atoms with van der Waals surface area (Å²) in [5.74, 6) is 0. The molecule has 4 atom stereocenters. The Bertz CT molecular complexity index is 692. The van der Waals surface area contributed by atoms with Crippen LogP contribution in [0.25, 0.3) is 0 Å². The second-order valence-corrected chi connectivity index (χ2v) is 6.34. The first-order chi connectivity index (χ1) is 12.7. The van der Waals surface area contributed by atoms with E-state index in [2.05, 4.69) is 0 Å². The van der Waals surface area contributed by atoms with Gasteiger partial charge in [-0.05, 0) is 18.1 Å². The van der Waals surface area contributed by atoms with Gasteiger partial charge in [0.2, 0.25) is 0 Å². The van der Waals surface area contributed by atoms with Crippen molar-refractivity contribution < 1.29 is 18.9 Å². The highest BCUT2D eigenvalue weighted by atomic mass is 16.7. The molecule has 5 heteroatoms. The molecule has 3 rings (SSSR count). The van der Waals surface area contributed by atoms with Crippen LogP contribution < -0.4 is 0 Å². The fourth-order valence-electron chi connectivity index (χ4n) is 3.01. The van der Waals surface area contributed by atoms with E-state index in [1.807, 2.05) is 67.6 Å². The Hall–Kier alpha value is -2.05. The Kier molecular flexibility index (Phi) is 6.52. The van der Waals surface area contributed by atoms with Crippen LogP contribution in [0.2, 0.25) is 0 Å². The summed E-state index contributed by atoms with van der Waals surface area (Å²) in [4.78, 5) is 0. The van der Waals surface area contributed by atoms with Gasteiger partial charge in [0.15, 0.2) is 6.29 Å². The molecule has 0 bridgehead atoms. The Morgan fingerprint density at radius 2 is 1.35 bits per heavy atom. The number of hydrogen-bond donors (Lipinski definition) is 1. The lowest BCUT2D eigenvalue weighted by Gasteiger charge is -2.39. The molecule has 0 spiro atoms. The van der Waals surface area contributed by atoms with Crippen molar-refractivity contribution in [3.63, 3.8) is 0 Å². The van der Waals surface area contributed by atoms with Crippen LogP contribution in [0, 0.1) is 5.41 Å². The predicted molar refractivity (Wildman–Crippen MR) is 99.1 cm³/mol. The number of benzene rings is 2. The molecule has 1 saturated heterocycles. The molecular formula is C21H25NO4. The van der Waals surface area contributed by atoms with Crippen LogP contribution >= 0.6 is 0 Å². The van der Waals surface area contributed by atoms with Gasteiger partial charge in [-0.2, -0.15) is 0 Å². The van der Waals surface area contributed by atoms with E-state index in [4.69, 9.17) is 24.4 Å². The van der Waals surface area contributed by atoms with Gasteiger partial charge in [0.05, 0.1) is 25.0 Å². The molecule has 1 aliphatic rings. The van der Waals surface area contributed by atoms with Crippen LogP contribution in [-0.2, 0) is 32.2 Å². The Morgan fingerprint density at radius 1 is 0.846 bits per heavy atom. The fraction of sp³-hybridized carbons (Fsp3) is 0.381. The Balaban J connectivity index is 1.65. The molecule has 1 unspecified atom stereocenters. The summed E-state index contributed by atoms with van der Waals surface area (Å²) in [7, 11) is 1.56. The number of rotatable bonds is 7. The monoisotopic (exact) mass is 355 g/mol. The lowest BCUT2D eigenvalue weighted by molar-refractivity contribution is -0.230. The van der Waals surface area contributed by atoms with Crippen LogP contribution in [0.4, 0.5) is 0 Å². The van der Waals surface area contributed by atoms with E-state index in [0.29, 0.717) is 18.9 Å². The average molecular weight is 355 g/mol. The standard InChI is InChI=1S/C21H25NO4/c1-15-19(24-13-16-9-5-3-6-10-16)18(22)20(21(23-2)26-15)25-14-17-11-7-4-8-12-17/h3-12,15,19-22H,13-14H2,1-2H3/t15?,19-,20+,21-/m1/s1. The summed E-state index contributed by atoms with van der Waals surface area (Å²) in [6.45, 7) is 2.70. The largest absolute Gasteiger partial charge is 0.365 e. The van der Waals surface area contributed by atoms with Crippen molar-refractivity contribution in [2.75, 3.05) is 7.11 Å². The highest BCUT2D eigenvalue weighted by Crippen LogP contribution is 2.24. The molecule has 1 heterocycles. The van der Waals surface area contributed by atoms with Gasteiger partial charge in [-0.15, -0.1) is 0 Å². The van der Waals surface area contributed by atoms with Gasteiger partial charge in [0.1, 0.15) is 12.2 Å². The number of ether oxygens (including phenoxy) is 4. The van der Waals surface area contributed by atoms with Gasteiger partial charge in [-0.1, -0.05) is 60.7 Å². The third-order valence-electron chi connectivity index (χ3n) is 4.41. The molecule has 1 aliphatic heterocycles. The number of hydrogen-bond acceptors (Lipinski definition) is 5. The van der Waals surface area contributed by atoms with Gasteiger partial charge in [-0.25, -0.2) is 0 Å². The van der Waals surface area contributed by atoms with E-state index >= 15 is 0 Å². The van der Waals surface area contributed by atoms with Crippen molar-refractivity contribution in [1.82, 2.24) is 0 Å². The number of methoxy groups -OCH3 is 1. The van der Waals surface area contributed by atoms with E-state index in [1.54, 1.807) is 7.11 Å². The highest BCUT2D eigenvalue weighted by molar-refractivity contribution is 5.91. The minimum Gasteiger partial charge on any atom is -0.365 e. The third kappa shape index (κ3) is 4.56. The van der Waals surface area contributed by atoms with Gasteiger partial charge >= 0.3 is 0 Å². The van der Waals surface area contributed by atoms with E-state index in [9.17, 15) is 0 Å². The molecule has 0 aliphatic carbocycles. The molecule has 1 N–H and O–H groups in total. The SMILES string of the molecule is CO[C@@H]1OC(C)[C@@H](OCc2ccccc2)C(=N)[C@@H]1OCc1ccccc1. The van der Waals surface area contributed by atoms with E-state index in [-0.39, 0.29) is 6.10 Å². The maximum absolute atomic E-state index is 8.59. The normalized spacial score (nSPS) is 26.0. The van der Waals surface area contributed by atoms with Gasteiger partial charge in [-0.3, -0.25) is 0 Å². The first-order valence-corrected chi connectivity index (χ1v) is 8.76. The zero-order valence-electron chi connectivity index (χ0n) is 15.1. The molecule has 1 fully saturated rings. The number of nitrogens with one attached hydrogen (secondary N) is 1. The topological polar surface area (TPSA) is 60.8 Å². The summed E-state index contributed by atoms with van der Waals surface area (Å²) in [5, 5.41) is 8.59. The van der Waals surface area contributed by atoms with E-state index in [1.165, 1.54) is 0 Å². The van der Waals surface area contributed by atoms with Crippen LogP contribution in [-0.4, -0.2) is 37.4 Å². The zero-order chi connectivity index (χ0) is 18.4. The molecular weight excluding hydrogens is 330 g/mol. The fourth-order valence-corrected chi connectivity index (χ4v) is 3.01. The zero-order valence-corrected chi connectivity index (χ0v) is 15.1. The molecule has 2 aromatic carbocycles. The Labute approximate surface area is 154 Å². The van der Waals surface area contributed by atoms with Crippen molar-refractivity contribution in [3.05, 3.63) is 71.8 Å². The minimum absolute atomic E-state index is 0.285. The summed E-state index contributed by atoms with van der Waals surface area (Å²) < 4.78 is 23.2.